The van der Waals surface area contributed by atoms with E-state index in [2.05, 4.69) is 23.9 Å². The molecule has 0 spiro atoms. The van der Waals surface area contributed by atoms with Gasteiger partial charge in [0.25, 0.3) is 5.91 Å². The normalized spacial score (nSPS) is 11.4. The lowest BCUT2D eigenvalue weighted by Crippen LogP contribution is -2.26. The van der Waals surface area contributed by atoms with Gasteiger partial charge < -0.3 is 10.1 Å². The molecule has 6 nitrogen and oxygen atoms in total. The molecule has 0 aliphatic heterocycles. The summed E-state index contributed by atoms with van der Waals surface area (Å²) in [4.78, 5) is 12.5. The van der Waals surface area contributed by atoms with Crippen molar-refractivity contribution in [1.29, 1.82) is 0 Å². The number of aryl methyl sites for hydroxylation is 1. The van der Waals surface area contributed by atoms with Crippen molar-refractivity contribution in [3.8, 4) is 5.75 Å². The van der Waals surface area contributed by atoms with Crippen LogP contribution in [0.15, 0.2) is 77.7 Å². The summed E-state index contributed by atoms with van der Waals surface area (Å²) < 4.78 is 33.4. The van der Waals surface area contributed by atoms with Crippen molar-refractivity contribution < 1.29 is 17.9 Å². The summed E-state index contributed by atoms with van der Waals surface area (Å²) in [6, 6.07) is 21.7. The van der Waals surface area contributed by atoms with Gasteiger partial charge in [-0.3, -0.25) is 4.79 Å². The number of hydrogen-bond donors (Lipinski definition) is 2. The molecule has 3 aromatic rings. The van der Waals surface area contributed by atoms with Gasteiger partial charge in [-0.1, -0.05) is 56.3 Å². The lowest BCUT2D eigenvalue weighted by atomic mass is 10.0. The maximum atomic E-state index is 12.5. The smallest absolute Gasteiger partial charge is 0.262 e. The summed E-state index contributed by atoms with van der Waals surface area (Å²) in [5.41, 5.74) is 3.67. The number of benzene rings is 3. The highest BCUT2D eigenvalue weighted by atomic mass is 32.2. The molecule has 0 bridgehead atoms. The van der Waals surface area contributed by atoms with Crippen LogP contribution in [0.1, 0.15) is 36.5 Å². The Balaban J connectivity index is 1.53. The van der Waals surface area contributed by atoms with E-state index in [1.54, 1.807) is 12.1 Å². The standard InChI is InChI=1S/C26H30N2O4S/c1-19(2)24-14-9-20(3)17-25(24)32-18-26(29)28-22-10-12-23(13-11-22)33(30,31)27-16-15-21-7-5-4-6-8-21/h4-14,17,19,27H,15-16,18H2,1-3H3,(H,28,29). The lowest BCUT2D eigenvalue weighted by Gasteiger charge is -2.15. The Kier molecular flexibility index (Phi) is 8.25. The molecule has 1 amide bonds. The molecule has 3 rings (SSSR count). The number of hydrogen-bond acceptors (Lipinski definition) is 4. The van der Waals surface area contributed by atoms with Gasteiger partial charge in [-0.2, -0.15) is 0 Å². The summed E-state index contributed by atoms with van der Waals surface area (Å²) in [7, 11) is -3.63. The largest absolute Gasteiger partial charge is 0.483 e. The van der Waals surface area contributed by atoms with Crippen LogP contribution in [-0.4, -0.2) is 27.5 Å². The maximum absolute atomic E-state index is 12.5. The summed E-state index contributed by atoms with van der Waals surface area (Å²) in [6.07, 6.45) is 0.605. The Labute approximate surface area is 196 Å². The Bertz CT molecular complexity index is 1170. The molecule has 0 aliphatic carbocycles. The molecule has 0 radical (unpaired) electrons. The van der Waals surface area contributed by atoms with E-state index in [0.717, 1.165) is 16.7 Å². The topological polar surface area (TPSA) is 84.5 Å². The van der Waals surface area contributed by atoms with Crippen molar-refractivity contribution in [3.63, 3.8) is 0 Å². The zero-order valence-corrected chi connectivity index (χ0v) is 20.0. The van der Waals surface area contributed by atoms with Gasteiger partial charge in [0.05, 0.1) is 4.90 Å². The van der Waals surface area contributed by atoms with Gasteiger partial charge in [-0.15, -0.1) is 0 Å². The SMILES string of the molecule is Cc1ccc(C(C)C)c(OCC(=O)Nc2ccc(S(=O)(=O)NCCc3ccccc3)cc2)c1. The maximum Gasteiger partial charge on any atom is 0.262 e. The number of rotatable bonds is 10. The van der Waals surface area contributed by atoms with E-state index in [4.69, 9.17) is 4.74 Å². The predicted molar refractivity (Wildman–Crippen MR) is 131 cm³/mol. The minimum Gasteiger partial charge on any atom is -0.483 e. The van der Waals surface area contributed by atoms with Gasteiger partial charge in [-0.25, -0.2) is 13.1 Å². The second-order valence-electron chi connectivity index (χ2n) is 8.19. The van der Waals surface area contributed by atoms with Crippen LogP contribution in [0.4, 0.5) is 5.69 Å². The molecule has 3 aromatic carbocycles. The second kappa shape index (κ2) is 11.1. The van der Waals surface area contributed by atoms with Crippen molar-refractivity contribution in [3.05, 3.63) is 89.5 Å². The van der Waals surface area contributed by atoms with E-state index in [1.165, 1.54) is 12.1 Å². The van der Waals surface area contributed by atoms with Crippen LogP contribution in [0.5, 0.6) is 5.75 Å². The monoisotopic (exact) mass is 466 g/mol. The van der Waals surface area contributed by atoms with Crippen molar-refractivity contribution >= 4 is 21.6 Å². The quantitative estimate of drug-likeness (QED) is 0.455. The number of carbonyl (C=O) groups is 1. The number of sulfonamides is 1. The van der Waals surface area contributed by atoms with Gasteiger partial charge in [0, 0.05) is 12.2 Å². The van der Waals surface area contributed by atoms with E-state index in [-0.39, 0.29) is 23.3 Å². The van der Waals surface area contributed by atoms with E-state index in [9.17, 15) is 13.2 Å². The molecule has 33 heavy (non-hydrogen) atoms. The Morgan fingerprint density at radius 1 is 0.970 bits per heavy atom. The first-order valence-corrected chi connectivity index (χ1v) is 12.4. The Morgan fingerprint density at radius 3 is 2.33 bits per heavy atom. The van der Waals surface area contributed by atoms with Crippen molar-refractivity contribution in [2.45, 2.75) is 38.0 Å². The molecular formula is C26H30N2O4S. The van der Waals surface area contributed by atoms with Gasteiger partial charge in [0.1, 0.15) is 5.75 Å². The van der Waals surface area contributed by atoms with Crippen LogP contribution in [0.2, 0.25) is 0 Å². The van der Waals surface area contributed by atoms with Gasteiger partial charge in [-0.05, 0) is 66.3 Å². The van der Waals surface area contributed by atoms with E-state index >= 15 is 0 Å². The molecular weight excluding hydrogens is 436 g/mol. The van der Waals surface area contributed by atoms with E-state index < -0.39 is 10.0 Å². The molecule has 0 fully saturated rings. The number of anilines is 1. The molecule has 0 heterocycles. The van der Waals surface area contributed by atoms with E-state index in [0.29, 0.717) is 24.4 Å². The summed E-state index contributed by atoms with van der Waals surface area (Å²) >= 11 is 0. The Morgan fingerprint density at radius 2 is 1.67 bits per heavy atom. The number of carbonyl (C=O) groups excluding carboxylic acids is 1. The molecule has 0 unspecified atom stereocenters. The third kappa shape index (κ3) is 7.17. The minimum absolute atomic E-state index is 0.135. The molecule has 0 saturated carbocycles. The summed E-state index contributed by atoms with van der Waals surface area (Å²) in [6.45, 7) is 6.29. The second-order valence-corrected chi connectivity index (χ2v) is 9.96. The van der Waals surface area contributed by atoms with Crippen LogP contribution in [0, 0.1) is 6.92 Å². The van der Waals surface area contributed by atoms with Crippen LogP contribution >= 0.6 is 0 Å². The van der Waals surface area contributed by atoms with Gasteiger partial charge in [0.15, 0.2) is 6.61 Å². The Hall–Kier alpha value is -3.16. The van der Waals surface area contributed by atoms with Crippen molar-refractivity contribution in [2.75, 3.05) is 18.5 Å². The first-order valence-electron chi connectivity index (χ1n) is 10.9. The van der Waals surface area contributed by atoms with E-state index in [1.807, 2.05) is 55.5 Å². The average molecular weight is 467 g/mol. The van der Waals surface area contributed by atoms with Gasteiger partial charge >= 0.3 is 0 Å². The number of nitrogens with one attached hydrogen (secondary N) is 2. The van der Waals surface area contributed by atoms with Gasteiger partial charge in [0.2, 0.25) is 10.0 Å². The van der Waals surface area contributed by atoms with Crippen LogP contribution in [0.25, 0.3) is 0 Å². The first kappa shape index (κ1) is 24.5. The minimum atomic E-state index is -3.63. The average Bonchev–Trinajstić information content (AvgIpc) is 2.78. The van der Waals surface area contributed by atoms with Crippen LogP contribution in [-0.2, 0) is 21.2 Å². The highest BCUT2D eigenvalue weighted by Gasteiger charge is 2.14. The molecule has 0 saturated heterocycles. The van der Waals surface area contributed by atoms with Crippen LogP contribution < -0.4 is 14.8 Å². The summed E-state index contributed by atoms with van der Waals surface area (Å²) in [5.74, 6) is 0.658. The highest BCUT2D eigenvalue weighted by molar-refractivity contribution is 7.89. The molecule has 174 valence electrons. The molecule has 7 heteroatoms. The number of amides is 1. The molecule has 0 aliphatic rings. The zero-order valence-electron chi connectivity index (χ0n) is 19.2. The summed E-state index contributed by atoms with van der Waals surface area (Å²) in [5, 5.41) is 2.74. The molecule has 0 atom stereocenters. The third-order valence-corrected chi connectivity index (χ3v) is 6.62. The number of ether oxygens (including phenoxy) is 1. The molecule has 2 N–H and O–H groups in total. The third-order valence-electron chi connectivity index (χ3n) is 5.15. The predicted octanol–water partition coefficient (Wildman–Crippen LogP) is 4.66. The lowest BCUT2D eigenvalue weighted by molar-refractivity contribution is -0.118. The highest BCUT2D eigenvalue weighted by Crippen LogP contribution is 2.27. The fourth-order valence-corrected chi connectivity index (χ4v) is 4.39. The molecule has 0 aromatic heterocycles. The van der Waals surface area contributed by atoms with Crippen molar-refractivity contribution in [2.24, 2.45) is 0 Å². The van der Waals surface area contributed by atoms with Crippen molar-refractivity contribution in [1.82, 2.24) is 4.72 Å². The fourth-order valence-electron chi connectivity index (χ4n) is 3.36. The first-order chi connectivity index (χ1) is 15.7. The fraction of sp³-hybridized carbons (Fsp3) is 0.269. The zero-order chi connectivity index (χ0) is 23.8. The van der Waals surface area contributed by atoms with Crippen LogP contribution in [0.3, 0.4) is 0 Å².